The van der Waals surface area contributed by atoms with E-state index in [1.807, 2.05) is 18.7 Å². The highest BCUT2D eigenvalue weighted by molar-refractivity contribution is 7.11. The van der Waals surface area contributed by atoms with Crippen molar-refractivity contribution in [3.63, 3.8) is 0 Å². The van der Waals surface area contributed by atoms with Crippen LogP contribution in [0.3, 0.4) is 0 Å². The fraction of sp³-hybridized carbons (Fsp3) is 0.471. The quantitative estimate of drug-likeness (QED) is 0.851. The van der Waals surface area contributed by atoms with Crippen molar-refractivity contribution in [3.05, 3.63) is 39.7 Å². The molecule has 3 heterocycles. The maximum atomic E-state index is 12.3. The van der Waals surface area contributed by atoms with Gasteiger partial charge in [-0.2, -0.15) is 0 Å². The summed E-state index contributed by atoms with van der Waals surface area (Å²) in [4.78, 5) is 33.8. The zero-order valence-corrected chi connectivity index (χ0v) is 14.8. The third-order valence-corrected chi connectivity index (χ3v) is 5.41. The Labute approximate surface area is 145 Å². The van der Waals surface area contributed by atoms with Gasteiger partial charge in [0.25, 0.3) is 5.91 Å². The number of hydrogen-bond acceptors (Lipinski definition) is 5. The third kappa shape index (κ3) is 3.67. The van der Waals surface area contributed by atoms with Gasteiger partial charge in [0, 0.05) is 43.9 Å². The van der Waals surface area contributed by atoms with Crippen molar-refractivity contribution in [1.29, 1.82) is 0 Å². The van der Waals surface area contributed by atoms with Gasteiger partial charge >= 0.3 is 0 Å². The molecule has 1 aliphatic heterocycles. The first kappa shape index (κ1) is 16.7. The lowest BCUT2D eigenvalue weighted by Crippen LogP contribution is -2.50. The molecule has 0 saturated carbocycles. The number of piperazine rings is 1. The van der Waals surface area contributed by atoms with Crippen LogP contribution in [0.15, 0.2) is 22.8 Å². The maximum Gasteiger partial charge on any atom is 0.289 e. The molecule has 0 aliphatic carbocycles. The molecule has 1 saturated heterocycles. The van der Waals surface area contributed by atoms with Crippen molar-refractivity contribution >= 4 is 23.2 Å². The third-order valence-electron chi connectivity index (χ3n) is 4.28. The van der Waals surface area contributed by atoms with Gasteiger partial charge in [-0.1, -0.05) is 0 Å². The van der Waals surface area contributed by atoms with E-state index in [1.165, 1.54) is 11.1 Å². The predicted molar refractivity (Wildman–Crippen MR) is 91.1 cm³/mol. The zero-order valence-electron chi connectivity index (χ0n) is 13.9. The van der Waals surface area contributed by atoms with Crippen LogP contribution in [0.25, 0.3) is 0 Å². The summed E-state index contributed by atoms with van der Waals surface area (Å²) in [6, 6.07) is 3.37. The van der Waals surface area contributed by atoms with E-state index in [-0.39, 0.29) is 11.8 Å². The van der Waals surface area contributed by atoms with Crippen molar-refractivity contribution in [2.75, 3.05) is 26.2 Å². The Kier molecular flexibility index (Phi) is 4.99. The number of carbonyl (C=O) groups is 2. The number of aryl methyl sites for hydroxylation is 3. The average molecular weight is 347 g/mol. The van der Waals surface area contributed by atoms with Gasteiger partial charge in [0.05, 0.1) is 17.0 Å². The summed E-state index contributed by atoms with van der Waals surface area (Å²) in [7, 11) is 0. The fourth-order valence-electron chi connectivity index (χ4n) is 2.73. The molecule has 7 heteroatoms. The van der Waals surface area contributed by atoms with Crippen LogP contribution in [0.5, 0.6) is 0 Å². The van der Waals surface area contributed by atoms with E-state index < -0.39 is 0 Å². The molecule has 6 nitrogen and oxygen atoms in total. The Balaban J connectivity index is 1.47. The first-order chi connectivity index (χ1) is 11.5. The van der Waals surface area contributed by atoms with Gasteiger partial charge in [-0.3, -0.25) is 9.59 Å². The van der Waals surface area contributed by atoms with Crippen molar-refractivity contribution in [3.8, 4) is 0 Å². The minimum atomic E-state index is -0.110. The minimum Gasteiger partial charge on any atom is -0.459 e. The molecule has 0 unspecified atom stereocenters. The largest absolute Gasteiger partial charge is 0.459 e. The Hall–Kier alpha value is -2.15. The average Bonchev–Trinajstić information content (AvgIpc) is 3.23. The molecule has 3 rings (SSSR count). The van der Waals surface area contributed by atoms with Crippen molar-refractivity contribution in [1.82, 2.24) is 14.8 Å². The number of carbonyl (C=O) groups excluding carboxylic acids is 2. The molecule has 0 spiro atoms. The summed E-state index contributed by atoms with van der Waals surface area (Å²) >= 11 is 1.66. The molecule has 2 aromatic rings. The molecule has 24 heavy (non-hydrogen) atoms. The number of thiazole rings is 1. The normalized spacial score (nSPS) is 14.9. The van der Waals surface area contributed by atoms with E-state index in [4.69, 9.17) is 4.42 Å². The maximum absolute atomic E-state index is 12.3. The lowest BCUT2D eigenvalue weighted by Gasteiger charge is -2.34. The second-order valence-electron chi connectivity index (χ2n) is 5.90. The summed E-state index contributed by atoms with van der Waals surface area (Å²) in [5, 5.41) is 1.02. The number of amides is 2. The van der Waals surface area contributed by atoms with Crippen LogP contribution >= 0.6 is 11.3 Å². The molecule has 0 atom stereocenters. The van der Waals surface area contributed by atoms with Crippen molar-refractivity contribution in [2.24, 2.45) is 0 Å². The van der Waals surface area contributed by atoms with E-state index >= 15 is 0 Å². The van der Waals surface area contributed by atoms with Gasteiger partial charge < -0.3 is 14.2 Å². The fourth-order valence-corrected chi connectivity index (χ4v) is 3.67. The van der Waals surface area contributed by atoms with Crippen LogP contribution in [0, 0.1) is 13.8 Å². The monoisotopic (exact) mass is 347 g/mol. The molecular weight excluding hydrogens is 326 g/mol. The van der Waals surface area contributed by atoms with E-state index in [2.05, 4.69) is 4.98 Å². The van der Waals surface area contributed by atoms with Crippen LogP contribution in [0.1, 0.15) is 32.6 Å². The summed E-state index contributed by atoms with van der Waals surface area (Å²) in [5.41, 5.74) is 1.05. The zero-order chi connectivity index (χ0) is 17.1. The first-order valence-electron chi connectivity index (χ1n) is 8.08. The molecule has 2 aromatic heterocycles. The van der Waals surface area contributed by atoms with Gasteiger partial charge in [0.15, 0.2) is 5.76 Å². The molecule has 0 bridgehead atoms. The van der Waals surface area contributed by atoms with Gasteiger partial charge in [0.2, 0.25) is 5.91 Å². The van der Waals surface area contributed by atoms with Gasteiger partial charge in [-0.25, -0.2) is 4.98 Å². The lowest BCUT2D eigenvalue weighted by molar-refractivity contribution is -0.132. The second-order valence-corrected chi connectivity index (χ2v) is 7.19. The van der Waals surface area contributed by atoms with E-state index in [0.717, 1.165) is 10.7 Å². The SMILES string of the molecule is Cc1nc(CCC(=O)N2CCN(C(=O)c3ccco3)CC2)sc1C. The van der Waals surface area contributed by atoms with Crippen molar-refractivity contribution < 1.29 is 14.0 Å². The number of aromatic nitrogens is 1. The topological polar surface area (TPSA) is 66.7 Å². The van der Waals surface area contributed by atoms with E-state index in [0.29, 0.717) is 44.8 Å². The summed E-state index contributed by atoms with van der Waals surface area (Å²) in [6.07, 6.45) is 2.65. The van der Waals surface area contributed by atoms with Crippen LogP contribution in [-0.2, 0) is 11.2 Å². The number of rotatable bonds is 4. The minimum absolute atomic E-state index is 0.110. The van der Waals surface area contributed by atoms with Gasteiger partial charge in [-0.15, -0.1) is 11.3 Å². The van der Waals surface area contributed by atoms with Crippen LogP contribution in [-0.4, -0.2) is 52.8 Å². The molecule has 2 amide bonds. The molecular formula is C17H21N3O3S. The predicted octanol–water partition coefficient (Wildman–Crippen LogP) is 2.27. The van der Waals surface area contributed by atoms with Crippen molar-refractivity contribution in [2.45, 2.75) is 26.7 Å². The molecule has 0 aromatic carbocycles. The first-order valence-corrected chi connectivity index (χ1v) is 8.89. The smallest absolute Gasteiger partial charge is 0.289 e. The van der Waals surface area contributed by atoms with Crippen LogP contribution in [0.2, 0.25) is 0 Å². The second kappa shape index (κ2) is 7.17. The van der Waals surface area contributed by atoms with Crippen LogP contribution in [0.4, 0.5) is 0 Å². The van der Waals surface area contributed by atoms with Crippen LogP contribution < -0.4 is 0 Å². The molecule has 0 N–H and O–H groups in total. The van der Waals surface area contributed by atoms with Gasteiger partial charge in [-0.05, 0) is 26.0 Å². The number of nitrogens with zero attached hydrogens (tertiary/aromatic N) is 3. The Bertz CT molecular complexity index is 696. The molecule has 1 fully saturated rings. The summed E-state index contributed by atoms with van der Waals surface area (Å²) < 4.78 is 5.14. The highest BCUT2D eigenvalue weighted by Crippen LogP contribution is 2.18. The van der Waals surface area contributed by atoms with E-state index in [9.17, 15) is 9.59 Å². The highest BCUT2D eigenvalue weighted by atomic mass is 32.1. The Morgan fingerprint density at radius 2 is 1.92 bits per heavy atom. The van der Waals surface area contributed by atoms with Gasteiger partial charge in [0.1, 0.15) is 0 Å². The lowest BCUT2D eigenvalue weighted by atomic mass is 10.2. The highest BCUT2D eigenvalue weighted by Gasteiger charge is 2.25. The number of hydrogen-bond donors (Lipinski definition) is 0. The molecule has 0 radical (unpaired) electrons. The molecule has 1 aliphatic rings. The standard InChI is InChI=1S/C17H21N3O3S/c1-12-13(2)24-15(18-12)5-6-16(21)19-7-9-20(10-8-19)17(22)14-4-3-11-23-14/h3-4,11H,5-10H2,1-2H3. The summed E-state index contributed by atoms with van der Waals surface area (Å²) in [5.74, 6) is 0.371. The number of furan rings is 1. The summed E-state index contributed by atoms with van der Waals surface area (Å²) in [6.45, 7) is 6.27. The Morgan fingerprint density at radius 1 is 1.21 bits per heavy atom. The van der Waals surface area contributed by atoms with E-state index in [1.54, 1.807) is 28.4 Å². The molecule has 128 valence electrons. The Morgan fingerprint density at radius 3 is 2.50 bits per heavy atom.